The van der Waals surface area contributed by atoms with Gasteiger partial charge < -0.3 is 28.9 Å². The number of hydrogen-bond donors (Lipinski definition) is 2. The summed E-state index contributed by atoms with van der Waals surface area (Å²) >= 11 is 0. The Bertz CT molecular complexity index is 818. The van der Waals surface area contributed by atoms with Crippen molar-refractivity contribution in [3.8, 4) is 17.4 Å². The maximum absolute atomic E-state index is 13.6. The zero-order valence-electron chi connectivity index (χ0n) is 16.8. The van der Waals surface area contributed by atoms with Crippen molar-refractivity contribution in [2.45, 2.75) is 26.6 Å². The second-order valence-corrected chi connectivity index (χ2v) is 8.01. The summed E-state index contributed by atoms with van der Waals surface area (Å²) < 4.78 is 35.0. The molecule has 154 valence electrons. The van der Waals surface area contributed by atoms with Crippen LogP contribution in [0, 0.1) is 6.92 Å². The fourth-order valence-electron chi connectivity index (χ4n) is 2.72. The van der Waals surface area contributed by atoms with E-state index in [9.17, 15) is 9.67 Å². The monoisotopic (exact) mass is 410 g/mol. The lowest BCUT2D eigenvalue weighted by molar-refractivity contribution is 0.214. The first-order valence-electron chi connectivity index (χ1n) is 8.91. The first kappa shape index (κ1) is 22.0. The summed E-state index contributed by atoms with van der Waals surface area (Å²) in [6, 6.07) is 6.78. The van der Waals surface area contributed by atoms with Gasteiger partial charge in [-0.3, -0.25) is 4.57 Å². The second kappa shape index (κ2) is 9.78. The predicted molar refractivity (Wildman–Crippen MR) is 107 cm³/mol. The number of nitrogens with zero attached hydrogens (tertiary/aromatic N) is 1. The molecular weight excluding hydrogens is 383 g/mol. The van der Waals surface area contributed by atoms with Gasteiger partial charge in [0, 0.05) is 6.07 Å². The molecule has 0 saturated heterocycles. The van der Waals surface area contributed by atoms with Crippen LogP contribution in [-0.4, -0.2) is 37.5 Å². The highest BCUT2D eigenvalue weighted by molar-refractivity contribution is 7.54. The Morgan fingerprint density at radius 3 is 2.32 bits per heavy atom. The van der Waals surface area contributed by atoms with E-state index in [1.54, 1.807) is 51.2 Å². The van der Waals surface area contributed by atoms with E-state index in [2.05, 4.69) is 10.3 Å². The third-order valence-corrected chi connectivity index (χ3v) is 6.30. The number of benzene rings is 1. The van der Waals surface area contributed by atoms with Gasteiger partial charge in [0.05, 0.1) is 39.3 Å². The van der Waals surface area contributed by atoms with Crippen LogP contribution in [0.2, 0.25) is 0 Å². The minimum atomic E-state index is -3.61. The molecule has 0 aliphatic heterocycles. The highest BCUT2D eigenvalue weighted by atomic mass is 31.2. The van der Waals surface area contributed by atoms with Crippen LogP contribution in [0.5, 0.6) is 17.4 Å². The van der Waals surface area contributed by atoms with Crippen LogP contribution >= 0.6 is 7.60 Å². The van der Waals surface area contributed by atoms with Crippen molar-refractivity contribution >= 4 is 13.3 Å². The molecule has 2 aromatic rings. The van der Waals surface area contributed by atoms with Crippen molar-refractivity contribution in [3.63, 3.8) is 0 Å². The number of aromatic hydroxyl groups is 1. The van der Waals surface area contributed by atoms with E-state index < -0.39 is 13.4 Å². The van der Waals surface area contributed by atoms with Crippen molar-refractivity contribution in [2.24, 2.45) is 0 Å². The molecule has 1 heterocycles. The number of rotatable bonds is 10. The van der Waals surface area contributed by atoms with E-state index in [4.69, 9.17) is 18.5 Å². The van der Waals surface area contributed by atoms with Gasteiger partial charge in [-0.25, -0.2) is 4.98 Å². The number of ether oxygens (including phenoxy) is 2. The number of phenols is 1. The van der Waals surface area contributed by atoms with Crippen molar-refractivity contribution in [3.05, 3.63) is 41.6 Å². The summed E-state index contributed by atoms with van der Waals surface area (Å²) in [7, 11) is -0.621. The Hall–Kier alpha value is -2.28. The number of hydrogen-bond acceptors (Lipinski definition) is 8. The summed E-state index contributed by atoms with van der Waals surface area (Å²) in [5, 5.41) is 13.3. The van der Waals surface area contributed by atoms with E-state index in [1.165, 1.54) is 14.2 Å². The zero-order chi connectivity index (χ0) is 20.7. The maximum Gasteiger partial charge on any atom is 0.357 e. The van der Waals surface area contributed by atoms with Gasteiger partial charge in [-0.1, -0.05) is 0 Å². The van der Waals surface area contributed by atoms with Crippen molar-refractivity contribution in [2.75, 3.05) is 32.8 Å². The number of aryl methyl sites for hydroxylation is 1. The Labute approximate surface area is 165 Å². The SMILES string of the molecule is CCOP(=O)(OCC)C(Nc1ccc(OC)nc1)c1cc(C)c(O)c(OC)c1. The summed E-state index contributed by atoms with van der Waals surface area (Å²) in [5.41, 5.74) is 1.77. The van der Waals surface area contributed by atoms with Crippen molar-refractivity contribution in [1.82, 2.24) is 4.98 Å². The number of nitrogens with one attached hydrogen (secondary N) is 1. The van der Waals surface area contributed by atoms with Gasteiger partial charge in [0.1, 0.15) is 0 Å². The van der Waals surface area contributed by atoms with Gasteiger partial charge in [0.15, 0.2) is 17.3 Å². The minimum absolute atomic E-state index is 0.0266. The molecular formula is C19H27N2O6P. The lowest BCUT2D eigenvalue weighted by Gasteiger charge is -2.28. The highest BCUT2D eigenvalue weighted by Crippen LogP contribution is 2.61. The molecule has 0 aliphatic carbocycles. The van der Waals surface area contributed by atoms with Crippen LogP contribution in [0.3, 0.4) is 0 Å². The van der Waals surface area contributed by atoms with Gasteiger partial charge in [-0.05, 0) is 50.1 Å². The molecule has 1 unspecified atom stereocenters. The summed E-state index contributed by atoms with van der Waals surface area (Å²) in [5.74, 6) is -0.0780. The third kappa shape index (κ3) is 4.95. The lowest BCUT2D eigenvalue weighted by Crippen LogP contribution is -2.16. The Morgan fingerprint density at radius 2 is 1.82 bits per heavy atom. The molecule has 0 spiro atoms. The van der Waals surface area contributed by atoms with Crippen LogP contribution in [0.1, 0.15) is 30.8 Å². The molecule has 2 rings (SSSR count). The van der Waals surface area contributed by atoms with Gasteiger partial charge in [0.25, 0.3) is 0 Å². The standard InChI is InChI=1S/C19H27N2O6P/c1-6-26-28(23,27-7-2)19(21-15-8-9-17(25-5)20-12-15)14-10-13(3)18(22)16(11-14)24-4/h8-12,19,21-22H,6-7H2,1-5H3. The normalized spacial score (nSPS) is 12.5. The predicted octanol–water partition coefficient (Wildman–Crippen LogP) is 4.49. The number of aromatic nitrogens is 1. The Kier molecular flexibility index (Phi) is 7.69. The first-order valence-corrected chi connectivity index (χ1v) is 10.5. The largest absolute Gasteiger partial charge is 0.504 e. The van der Waals surface area contributed by atoms with E-state index in [-0.39, 0.29) is 24.7 Å². The van der Waals surface area contributed by atoms with Gasteiger partial charge in [0.2, 0.25) is 5.88 Å². The van der Waals surface area contributed by atoms with Gasteiger partial charge >= 0.3 is 7.60 Å². The minimum Gasteiger partial charge on any atom is -0.504 e. The highest BCUT2D eigenvalue weighted by Gasteiger charge is 2.38. The average molecular weight is 410 g/mol. The molecule has 0 saturated carbocycles. The van der Waals surface area contributed by atoms with Gasteiger partial charge in [-0.15, -0.1) is 0 Å². The number of phenolic OH excluding ortho intramolecular Hbond substituents is 1. The van der Waals surface area contributed by atoms with E-state index >= 15 is 0 Å². The fourth-order valence-corrected chi connectivity index (χ4v) is 4.64. The summed E-state index contributed by atoms with van der Waals surface area (Å²) in [4.78, 5) is 4.16. The Balaban J connectivity index is 2.54. The van der Waals surface area contributed by atoms with Crippen LogP contribution in [0.4, 0.5) is 5.69 Å². The molecule has 28 heavy (non-hydrogen) atoms. The summed E-state index contributed by atoms with van der Waals surface area (Å²) in [6.07, 6.45) is 1.57. The number of methoxy groups -OCH3 is 2. The molecule has 0 radical (unpaired) electrons. The smallest absolute Gasteiger partial charge is 0.357 e. The molecule has 1 atom stereocenters. The molecule has 0 amide bonds. The van der Waals surface area contributed by atoms with Crippen LogP contribution in [0.25, 0.3) is 0 Å². The van der Waals surface area contributed by atoms with Crippen LogP contribution in [-0.2, 0) is 13.6 Å². The fraction of sp³-hybridized carbons (Fsp3) is 0.421. The van der Waals surface area contributed by atoms with E-state index in [1.807, 2.05) is 0 Å². The first-order chi connectivity index (χ1) is 13.4. The maximum atomic E-state index is 13.6. The molecule has 0 fully saturated rings. The molecule has 0 aliphatic rings. The quantitative estimate of drug-likeness (QED) is 0.553. The van der Waals surface area contributed by atoms with Crippen LogP contribution in [0.15, 0.2) is 30.5 Å². The van der Waals surface area contributed by atoms with E-state index in [0.29, 0.717) is 22.7 Å². The molecule has 8 nitrogen and oxygen atoms in total. The van der Waals surface area contributed by atoms with Crippen LogP contribution < -0.4 is 14.8 Å². The molecule has 2 N–H and O–H groups in total. The molecule has 9 heteroatoms. The number of pyridine rings is 1. The topological polar surface area (TPSA) is 99.1 Å². The van der Waals surface area contributed by atoms with Gasteiger partial charge in [-0.2, -0.15) is 0 Å². The summed E-state index contributed by atoms with van der Waals surface area (Å²) in [6.45, 7) is 5.66. The van der Waals surface area contributed by atoms with E-state index in [0.717, 1.165) is 0 Å². The van der Waals surface area contributed by atoms with Crippen molar-refractivity contribution < 1.29 is 28.2 Å². The third-order valence-electron chi connectivity index (χ3n) is 4.01. The second-order valence-electron chi connectivity index (χ2n) is 5.90. The Morgan fingerprint density at radius 1 is 1.14 bits per heavy atom. The number of anilines is 1. The van der Waals surface area contributed by atoms with Crippen molar-refractivity contribution in [1.29, 1.82) is 0 Å². The average Bonchev–Trinajstić information content (AvgIpc) is 2.69. The molecule has 0 bridgehead atoms. The zero-order valence-corrected chi connectivity index (χ0v) is 17.7. The molecule has 1 aromatic heterocycles. The lowest BCUT2D eigenvalue weighted by atomic mass is 10.1. The molecule has 1 aromatic carbocycles.